The van der Waals surface area contributed by atoms with E-state index in [9.17, 15) is 18.8 Å². The lowest BCUT2D eigenvalue weighted by Gasteiger charge is -2.27. The van der Waals surface area contributed by atoms with E-state index in [1.807, 2.05) is 19.9 Å². The summed E-state index contributed by atoms with van der Waals surface area (Å²) in [4.78, 5) is 12.6. The fourth-order valence-electron chi connectivity index (χ4n) is 3.66. The first kappa shape index (κ1) is 22.8. The van der Waals surface area contributed by atoms with E-state index in [1.54, 1.807) is 30.3 Å². The van der Waals surface area contributed by atoms with Gasteiger partial charge in [-0.1, -0.05) is 12.1 Å². The minimum atomic E-state index is -0.910. The van der Waals surface area contributed by atoms with Gasteiger partial charge >= 0.3 is 5.97 Å². The van der Waals surface area contributed by atoms with Crippen LogP contribution >= 0.6 is 0 Å². The Kier molecular flexibility index (Phi) is 6.19. The molecule has 1 aliphatic rings. The number of nitrogens with zero attached hydrogens (tertiary/aromatic N) is 1. The molecule has 0 spiro atoms. The smallest absolute Gasteiger partial charge is 0.343 e. The van der Waals surface area contributed by atoms with Crippen LogP contribution in [0.2, 0.25) is 0 Å². The maximum atomic E-state index is 14.6. The Bertz CT molecular complexity index is 1330. The topological polar surface area (TPSA) is 94.6 Å². The summed E-state index contributed by atoms with van der Waals surface area (Å²) in [6, 6.07) is 16.0. The van der Waals surface area contributed by atoms with Crippen LogP contribution in [0.5, 0.6) is 17.2 Å². The van der Waals surface area contributed by atoms with Crippen LogP contribution in [-0.2, 0) is 0 Å². The molecule has 3 aromatic carbocycles. The second-order valence-corrected chi connectivity index (χ2v) is 7.87. The molecule has 8 heteroatoms. The van der Waals surface area contributed by atoms with Crippen LogP contribution in [0.4, 0.5) is 8.78 Å². The largest absolute Gasteiger partial charge is 0.491 e. The highest BCUT2D eigenvalue weighted by Gasteiger charge is 2.33. The summed E-state index contributed by atoms with van der Waals surface area (Å²) in [7, 11) is 0. The minimum absolute atomic E-state index is 0.00328. The number of benzene rings is 3. The quantitative estimate of drug-likeness (QED) is 0.414. The van der Waals surface area contributed by atoms with E-state index in [4.69, 9.17) is 19.9 Å². The van der Waals surface area contributed by atoms with Crippen LogP contribution in [0, 0.1) is 23.0 Å². The molecule has 1 unspecified atom stereocenters. The molecular weight excluding hydrogens is 442 g/mol. The van der Waals surface area contributed by atoms with Gasteiger partial charge in [0.25, 0.3) is 0 Å². The molecule has 1 heterocycles. The molecule has 4 rings (SSSR count). The molecular formula is C26H20F2N2O4. The number of esters is 1. The van der Waals surface area contributed by atoms with Gasteiger partial charge in [-0.15, -0.1) is 0 Å². The molecule has 0 saturated heterocycles. The standard InChI is InChI=1S/C26H20F2N2O4/c1-14(2)32-17-6-3-15(4-7-17)26(31)33-18-8-10-20-23(12-18)34-25(30)21(13-29)24(20)19-9-5-16(27)11-22(19)28/h3-12,14,24H,30H2,1-2H3. The molecule has 0 bridgehead atoms. The molecule has 0 amide bonds. The zero-order valence-corrected chi connectivity index (χ0v) is 18.3. The fourth-order valence-corrected chi connectivity index (χ4v) is 3.66. The number of ether oxygens (including phenoxy) is 3. The second-order valence-electron chi connectivity index (χ2n) is 7.87. The van der Waals surface area contributed by atoms with E-state index in [2.05, 4.69) is 0 Å². The number of hydrogen-bond donors (Lipinski definition) is 1. The van der Waals surface area contributed by atoms with E-state index in [-0.39, 0.29) is 34.6 Å². The van der Waals surface area contributed by atoms with Gasteiger partial charge in [0.05, 0.1) is 17.6 Å². The van der Waals surface area contributed by atoms with Crippen molar-refractivity contribution in [2.24, 2.45) is 5.73 Å². The molecule has 172 valence electrons. The van der Waals surface area contributed by atoms with E-state index in [0.717, 1.165) is 12.1 Å². The van der Waals surface area contributed by atoms with Gasteiger partial charge in [0.1, 0.15) is 40.5 Å². The first-order valence-corrected chi connectivity index (χ1v) is 10.4. The lowest BCUT2D eigenvalue weighted by atomic mass is 9.83. The van der Waals surface area contributed by atoms with Crippen molar-refractivity contribution < 1.29 is 27.8 Å². The third-order valence-corrected chi connectivity index (χ3v) is 5.14. The number of nitrogens with two attached hydrogens (primary N) is 1. The molecule has 0 aromatic heterocycles. The van der Waals surface area contributed by atoms with E-state index in [0.29, 0.717) is 16.9 Å². The first-order chi connectivity index (χ1) is 16.3. The van der Waals surface area contributed by atoms with Crippen LogP contribution < -0.4 is 19.9 Å². The minimum Gasteiger partial charge on any atom is -0.491 e. The van der Waals surface area contributed by atoms with Crippen LogP contribution in [0.1, 0.15) is 41.3 Å². The Morgan fingerprint density at radius 1 is 1.03 bits per heavy atom. The van der Waals surface area contributed by atoms with Crippen molar-refractivity contribution in [3.63, 3.8) is 0 Å². The van der Waals surface area contributed by atoms with Gasteiger partial charge in [-0.2, -0.15) is 5.26 Å². The van der Waals surface area contributed by atoms with Crippen molar-refractivity contribution in [3.8, 4) is 23.3 Å². The van der Waals surface area contributed by atoms with Gasteiger partial charge in [0, 0.05) is 23.3 Å². The maximum Gasteiger partial charge on any atom is 0.343 e. The molecule has 1 aliphatic heterocycles. The van der Waals surface area contributed by atoms with Crippen LogP contribution in [0.3, 0.4) is 0 Å². The van der Waals surface area contributed by atoms with Gasteiger partial charge in [0.2, 0.25) is 5.88 Å². The lowest BCUT2D eigenvalue weighted by Crippen LogP contribution is -2.22. The molecule has 0 fully saturated rings. The summed E-state index contributed by atoms with van der Waals surface area (Å²) in [5.41, 5.74) is 6.72. The molecule has 34 heavy (non-hydrogen) atoms. The van der Waals surface area contributed by atoms with Crippen molar-refractivity contribution in [1.29, 1.82) is 5.26 Å². The number of fused-ring (bicyclic) bond motifs is 1. The van der Waals surface area contributed by atoms with E-state index >= 15 is 0 Å². The maximum absolute atomic E-state index is 14.6. The van der Waals surface area contributed by atoms with E-state index in [1.165, 1.54) is 18.2 Å². The Balaban J connectivity index is 1.63. The number of carbonyl (C=O) groups is 1. The molecule has 1 atom stereocenters. The highest BCUT2D eigenvalue weighted by atomic mass is 19.1. The molecule has 6 nitrogen and oxygen atoms in total. The summed E-state index contributed by atoms with van der Waals surface area (Å²) in [5.74, 6) is -2.30. The Labute approximate surface area is 194 Å². The van der Waals surface area contributed by atoms with Gasteiger partial charge < -0.3 is 19.9 Å². The summed E-state index contributed by atoms with van der Waals surface area (Å²) in [6.07, 6.45) is 0.00328. The Morgan fingerprint density at radius 2 is 1.71 bits per heavy atom. The number of rotatable bonds is 5. The first-order valence-electron chi connectivity index (χ1n) is 10.4. The SMILES string of the molecule is CC(C)Oc1ccc(C(=O)Oc2ccc3c(c2)OC(N)=C(C#N)C3c2ccc(F)cc2F)cc1. The monoisotopic (exact) mass is 462 g/mol. The summed E-state index contributed by atoms with van der Waals surface area (Å²) in [5, 5.41) is 9.59. The predicted octanol–water partition coefficient (Wildman–Crippen LogP) is 5.19. The second kappa shape index (κ2) is 9.24. The van der Waals surface area contributed by atoms with Crippen LogP contribution in [0.25, 0.3) is 0 Å². The Hall–Kier alpha value is -4.38. The zero-order chi connectivity index (χ0) is 24.4. The molecule has 2 N–H and O–H groups in total. The highest BCUT2D eigenvalue weighted by molar-refractivity contribution is 5.91. The van der Waals surface area contributed by atoms with Crippen molar-refractivity contribution in [3.05, 3.63) is 100 Å². The average Bonchev–Trinajstić information content (AvgIpc) is 2.78. The fraction of sp³-hybridized carbons (Fsp3) is 0.154. The van der Waals surface area contributed by atoms with Gasteiger partial charge in [-0.3, -0.25) is 0 Å². The average molecular weight is 462 g/mol. The number of allylic oxidation sites excluding steroid dienone is 1. The zero-order valence-electron chi connectivity index (χ0n) is 18.3. The number of halogens is 2. The third kappa shape index (κ3) is 4.55. The summed E-state index contributed by atoms with van der Waals surface area (Å²) < 4.78 is 44.6. The normalized spacial score (nSPS) is 14.8. The van der Waals surface area contributed by atoms with Crippen LogP contribution in [0.15, 0.2) is 72.1 Å². The number of hydrogen-bond acceptors (Lipinski definition) is 6. The molecule has 0 saturated carbocycles. The third-order valence-electron chi connectivity index (χ3n) is 5.14. The lowest BCUT2D eigenvalue weighted by molar-refractivity contribution is 0.0734. The number of nitriles is 1. The summed E-state index contributed by atoms with van der Waals surface area (Å²) in [6.45, 7) is 3.80. The molecule has 0 aliphatic carbocycles. The predicted molar refractivity (Wildman–Crippen MR) is 119 cm³/mol. The van der Waals surface area contributed by atoms with Crippen molar-refractivity contribution in [2.75, 3.05) is 0 Å². The highest BCUT2D eigenvalue weighted by Crippen LogP contribution is 2.44. The van der Waals surface area contributed by atoms with Crippen LogP contribution in [-0.4, -0.2) is 12.1 Å². The Morgan fingerprint density at radius 3 is 2.35 bits per heavy atom. The van der Waals surface area contributed by atoms with Gasteiger partial charge in [0.15, 0.2) is 0 Å². The number of carbonyl (C=O) groups excluding carboxylic acids is 1. The molecule has 3 aromatic rings. The van der Waals surface area contributed by atoms with Crippen molar-refractivity contribution >= 4 is 5.97 Å². The van der Waals surface area contributed by atoms with E-state index < -0.39 is 23.5 Å². The summed E-state index contributed by atoms with van der Waals surface area (Å²) >= 11 is 0. The van der Waals surface area contributed by atoms with Gasteiger partial charge in [-0.05, 0) is 50.2 Å². The van der Waals surface area contributed by atoms with Crippen molar-refractivity contribution in [1.82, 2.24) is 0 Å². The van der Waals surface area contributed by atoms with Crippen molar-refractivity contribution in [2.45, 2.75) is 25.9 Å². The van der Waals surface area contributed by atoms with Gasteiger partial charge in [-0.25, -0.2) is 13.6 Å². The molecule has 0 radical (unpaired) electrons.